The second-order valence-corrected chi connectivity index (χ2v) is 4.49. The third-order valence-electron chi connectivity index (χ3n) is 2.76. The van der Waals surface area contributed by atoms with E-state index in [1.54, 1.807) is 6.29 Å². The van der Waals surface area contributed by atoms with Crippen molar-refractivity contribution >= 4 is 28.8 Å². The lowest BCUT2D eigenvalue weighted by Gasteiger charge is -2.11. The predicted octanol–water partition coefficient (Wildman–Crippen LogP) is 2.82. The SMILES string of the molecule is N[C@H]([C]=O)Cc1c[nH]c2c(Cl)ccc(C(F)(F)F)c12. The molecular formula is C12H9ClF3N2O. The molecule has 0 unspecified atom stereocenters. The maximum atomic E-state index is 13.0. The van der Waals surface area contributed by atoms with Gasteiger partial charge in [0.15, 0.2) is 0 Å². The molecule has 0 saturated heterocycles. The van der Waals surface area contributed by atoms with Crippen LogP contribution < -0.4 is 5.73 Å². The quantitative estimate of drug-likeness (QED) is 0.913. The first-order valence-electron chi connectivity index (χ1n) is 5.33. The van der Waals surface area contributed by atoms with Crippen LogP contribution >= 0.6 is 11.6 Å². The molecule has 0 amide bonds. The summed E-state index contributed by atoms with van der Waals surface area (Å²) in [5.41, 5.74) is 5.07. The first-order valence-corrected chi connectivity index (χ1v) is 5.71. The Morgan fingerprint density at radius 1 is 1.42 bits per heavy atom. The number of hydrogen-bond acceptors (Lipinski definition) is 2. The molecule has 1 atom stereocenters. The summed E-state index contributed by atoms with van der Waals surface area (Å²) in [6, 6.07) is 1.12. The number of fused-ring (bicyclic) bond motifs is 1. The Morgan fingerprint density at radius 2 is 2.11 bits per heavy atom. The smallest absolute Gasteiger partial charge is 0.360 e. The number of H-pyrrole nitrogens is 1. The van der Waals surface area contributed by atoms with Crippen LogP contribution in [-0.4, -0.2) is 17.3 Å². The molecule has 0 fully saturated rings. The van der Waals surface area contributed by atoms with Crippen molar-refractivity contribution in [2.45, 2.75) is 18.6 Å². The van der Waals surface area contributed by atoms with Crippen molar-refractivity contribution in [1.29, 1.82) is 0 Å². The predicted molar refractivity (Wildman–Crippen MR) is 65.7 cm³/mol. The van der Waals surface area contributed by atoms with Gasteiger partial charge in [-0.05, 0) is 24.1 Å². The van der Waals surface area contributed by atoms with Crippen LogP contribution in [0.2, 0.25) is 5.02 Å². The van der Waals surface area contributed by atoms with Crippen LogP contribution in [0.5, 0.6) is 0 Å². The molecule has 0 aliphatic carbocycles. The van der Waals surface area contributed by atoms with Gasteiger partial charge in [-0.3, -0.25) is 4.79 Å². The summed E-state index contributed by atoms with van der Waals surface area (Å²) >= 11 is 5.86. The number of rotatable bonds is 3. The van der Waals surface area contributed by atoms with Gasteiger partial charge >= 0.3 is 6.18 Å². The Labute approximate surface area is 111 Å². The van der Waals surface area contributed by atoms with Gasteiger partial charge in [-0.15, -0.1) is 0 Å². The molecule has 0 saturated carbocycles. The minimum atomic E-state index is -4.51. The standard InChI is InChI=1S/C12H9ClF3N2O/c13-9-2-1-8(12(14,15)16)10-6(3-7(17)5-19)4-18-11(9)10/h1-2,4,7,18H,3,17H2/t7-/m0/s1. The van der Waals surface area contributed by atoms with Crippen LogP contribution in [0.1, 0.15) is 11.1 Å². The third kappa shape index (κ3) is 2.59. The van der Waals surface area contributed by atoms with Gasteiger partial charge in [0.2, 0.25) is 6.29 Å². The third-order valence-corrected chi connectivity index (χ3v) is 3.08. The van der Waals surface area contributed by atoms with Gasteiger partial charge in [-0.25, -0.2) is 0 Å². The van der Waals surface area contributed by atoms with Crippen LogP contribution in [0.25, 0.3) is 10.9 Å². The van der Waals surface area contributed by atoms with Crippen LogP contribution in [0, 0.1) is 0 Å². The second-order valence-electron chi connectivity index (χ2n) is 4.09. The van der Waals surface area contributed by atoms with Crippen molar-refractivity contribution in [3.8, 4) is 0 Å². The van der Waals surface area contributed by atoms with E-state index < -0.39 is 17.8 Å². The van der Waals surface area contributed by atoms with Gasteiger partial charge in [-0.2, -0.15) is 13.2 Å². The van der Waals surface area contributed by atoms with Gasteiger partial charge < -0.3 is 10.7 Å². The number of halogens is 4. The maximum absolute atomic E-state index is 13.0. The number of aromatic nitrogens is 1. The Hall–Kier alpha value is -1.53. The van der Waals surface area contributed by atoms with E-state index >= 15 is 0 Å². The van der Waals surface area contributed by atoms with Crippen LogP contribution in [0.3, 0.4) is 0 Å². The summed E-state index contributed by atoms with van der Waals surface area (Å²) in [6.45, 7) is 0. The lowest BCUT2D eigenvalue weighted by molar-refractivity contribution is -0.136. The van der Waals surface area contributed by atoms with Crippen LogP contribution in [0.15, 0.2) is 18.3 Å². The maximum Gasteiger partial charge on any atom is 0.417 e. The fourth-order valence-corrected chi connectivity index (χ4v) is 2.17. The molecule has 0 bridgehead atoms. The Bertz CT molecular complexity index is 621. The summed E-state index contributed by atoms with van der Waals surface area (Å²) in [5, 5.41) is 0.128. The first-order chi connectivity index (χ1) is 8.84. The number of nitrogens with one attached hydrogen (secondary N) is 1. The van der Waals surface area contributed by atoms with E-state index in [1.165, 1.54) is 12.3 Å². The number of alkyl halides is 3. The largest absolute Gasteiger partial charge is 0.417 e. The molecule has 1 heterocycles. The lowest BCUT2D eigenvalue weighted by atomic mass is 10.0. The molecule has 0 aliphatic rings. The van der Waals surface area contributed by atoms with E-state index in [1.807, 2.05) is 0 Å². The Morgan fingerprint density at radius 3 is 2.68 bits per heavy atom. The van der Waals surface area contributed by atoms with Gasteiger partial charge in [0.05, 0.1) is 22.1 Å². The van der Waals surface area contributed by atoms with Crippen molar-refractivity contribution in [2.24, 2.45) is 5.73 Å². The molecule has 1 radical (unpaired) electrons. The van der Waals surface area contributed by atoms with E-state index in [0.29, 0.717) is 5.56 Å². The van der Waals surface area contributed by atoms with Crippen molar-refractivity contribution < 1.29 is 18.0 Å². The molecule has 0 spiro atoms. The Balaban J connectivity index is 2.67. The zero-order valence-corrected chi connectivity index (χ0v) is 10.3. The van der Waals surface area contributed by atoms with Crippen molar-refractivity contribution in [1.82, 2.24) is 4.98 Å². The highest BCUT2D eigenvalue weighted by Gasteiger charge is 2.34. The van der Waals surface area contributed by atoms with Gasteiger partial charge in [0.25, 0.3) is 0 Å². The van der Waals surface area contributed by atoms with E-state index in [9.17, 15) is 18.0 Å². The highest BCUT2D eigenvalue weighted by Crippen LogP contribution is 2.38. The van der Waals surface area contributed by atoms with Crippen LogP contribution in [-0.2, 0) is 17.4 Å². The average molecular weight is 290 g/mol. The monoisotopic (exact) mass is 289 g/mol. The molecule has 1 aromatic heterocycles. The van der Waals surface area contributed by atoms with Crippen molar-refractivity contribution in [2.75, 3.05) is 0 Å². The molecule has 2 aromatic rings. The minimum Gasteiger partial charge on any atom is -0.360 e. The molecule has 3 nitrogen and oxygen atoms in total. The molecule has 3 N–H and O–H groups in total. The van der Waals surface area contributed by atoms with Crippen LogP contribution in [0.4, 0.5) is 13.2 Å². The Kier molecular flexibility index (Phi) is 3.56. The number of aromatic amines is 1. The average Bonchev–Trinajstić information content (AvgIpc) is 2.73. The number of hydrogen-bond donors (Lipinski definition) is 2. The van der Waals surface area contributed by atoms with Gasteiger partial charge in [-0.1, -0.05) is 11.6 Å². The number of carbonyl (C=O) groups excluding carboxylic acids is 1. The fraction of sp³-hybridized carbons (Fsp3) is 0.250. The topological polar surface area (TPSA) is 58.9 Å². The van der Waals surface area contributed by atoms with Crippen molar-refractivity contribution in [3.05, 3.63) is 34.5 Å². The molecule has 7 heteroatoms. The van der Waals surface area contributed by atoms with Crippen molar-refractivity contribution in [3.63, 3.8) is 0 Å². The summed E-state index contributed by atoms with van der Waals surface area (Å²) in [4.78, 5) is 13.1. The number of benzene rings is 1. The van der Waals surface area contributed by atoms with E-state index in [0.717, 1.165) is 6.07 Å². The molecule has 2 rings (SSSR count). The summed E-state index contributed by atoms with van der Waals surface area (Å²) < 4.78 is 38.9. The first kappa shape index (κ1) is 13.9. The minimum absolute atomic E-state index is 0.0348. The molecule has 101 valence electrons. The highest BCUT2D eigenvalue weighted by atomic mass is 35.5. The van der Waals surface area contributed by atoms with E-state index in [2.05, 4.69) is 4.98 Å². The molecule has 19 heavy (non-hydrogen) atoms. The summed E-state index contributed by atoms with van der Waals surface area (Å²) in [5.74, 6) is 0. The highest BCUT2D eigenvalue weighted by molar-refractivity contribution is 6.35. The van der Waals surface area contributed by atoms with E-state index in [4.69, 9.17) is 17.3 Å². The van der Waals surface area contributed by atoms with Gasteiger partial charge in [0, 0.05) is 11.6 Å². The van der Waals surface area contributed by atoms with Gasteiger partial charge in [0.1, 0.15) is 0 Å². The number of nitrogens with two attached hydrogens (primary N) is 1. The molecule has 0 aliphatic heterocycles. The zero-order chi connectivity index (χ0) is 14.2. The zero-order valence-electron chi connectivity index (χ0n) is 9.51. The summed E-state index contributed by atoms with van der Waals surface area (Å²) in [7, 11) is 0. The fourth-order valence-electron chi connectivity index (χ4n) is 1.96. The normalized spacial score (nSPS) is 13.7. The molecular weight excluding hydrogens is 281 g/mol. The molecule has 1 aromatic carbocycles. The summed E-state index contributed by atoms with van der Waals surface area (Å²) in [6.07, 6.45) is -1.62. The van der Waals surface area contributed by atoms with E-state index in [-0.39, 0.29) is 22.3 Å². The lowest BCUT2D eigenvalue weighted by Crippen LogP contribution is -2.24. The second kappa shape index (κ2) is 4.86.